The van der Waals surface area contributed by atoms with Crippen LogP contribution in [0.2, 0.25) is 0 Å². The maximum absolute atomic E-state index is 12.8. The number of pyridine rings is 1. The first kappa shape index (κ1) is 19.3. The van der Waals surface area contributed by atoms with Crippen molar-refractivity contribution in [3.8, 4) is 11.9 Å². The molecule has 3 aromatic rings. The first-order valence-corrected chi connectivity index (χ1v) is 8.96. The summed E-state index contributed by atoms with van der Waals surface area (Å²) in [7, 11) is 1.55. The second-order valence-electron chi connectivity index (χ2n) is 7.06. The van der Waals surface area contributed by atoms with Crippen molar-refractivity contribution in [1.82, 2.24) is 19.6 Å². The fourth-order valence-corrected chi connectivity index (χ4v) is 2.86. The minimum atomic E-state index is -0.752. The zero-order chi connectivity index (χ0) is 20.3. The summed E-state index contributed by atoms with van der Waals surface area (Å²) in [5.41, 5.74) is 1.68. The van der Waals surface area contributed by atoms with Crippen molar-refractivity contribution in [2.45, 2.75) is 33.6 Å². The Morgan fingerprint density at radius 2 is 2.21 bits per heavy atom. The van der Waals surface area contributed by atoms with Gasteiger partial charge in [0.05, 0.1) is 30.4 Å². The lowest BCUT2D eigenvalue weighted by molar-refractivity contribution is 0.0953. The summed E-state index contributed by atoms with van der Waals surface area (Å²) >= 11 is 0. The highest BCUT2D eigenvalue weighted by Crippen LogP contribution is 2.27. The summed E-state index contributed by atoms with van der Waals surface area (Å²) in [6.45, 7) is 5.48. The number of fused-ring (bicyclic) bond motifs is 1. The van der Waals surface area contributed by atoms with Crippen molar-refractivity contribution in [2.75, 3.05) is 12.4 Å². The van der Waals surface area contributed by atoms with Gasteiger partial charge in [0.1, 0.15) is 11.5 Å². The van der Waals surface area contributed by atoms with Crippen LogP contribution >= 0.6 is 0 Å². The molecule has 0 fully saturated rings. The van der Waals surface area contributed by atoms with Crippen LogP contribution in [-0.2, 0) is 6.42 Å². The van der Waals surface area contributed by atoms with Crippen LogP contribution in [0.1, 0.15) is 43.2 Å². The van der Waals surface area contributed by atoms with E-state index in [9.17, 15) is 10.1 Å². The molecule has 0 aromatic carbocycles. The molecule has 28 heavy (non-hydrogen) atoms. The van der Waals surface area contributed by atoms with Crippen molar-refractivity contribution < 1.29 is 9.53 Å². The molecule has 0 saturated carbocycles. The average Bonchev–Trinajstić information content (AvgIpc) is 3.11. The van der Waals surface area contributed by atoms with Crippen LogP contribution < -0.4 is 10.1 Å². The predicted octanol–water partition coefficient (Wildman–Crippen LogP) is 3.56. The van der Waals surface area contributed by atoms with E-state index in [2.05, 4.69) is 26.5 Å². The molecule has 0 aliphatic rings. The van der Waals surface area contributed by atoms with Gasteiger partial charge in [0.2, 0.25) is 5.88 Å². The van der Waals surface area contributed by atoms with E-state index in [-0.39, 0.29) is 12.2 Å². The lowest BCUT2D eigenvalue weighted by Crippen LogP contribution is -2.15. The van der Waals surface area contributed by atoms with E-state index in [4.69, 9.17) is 4.74 Å². The normalized spacial score (nSPS) is 11.2. The van der Waals surface area contributed by atoms with Gasteiger partial charge in [-0.25, -0.2) is 14.5 Å². The van der Waals surface area contributed by atoms with E-state index in [0.29, 0.717) is 35.0 Å². The van der Waals surface area contributed by atoms with Gasteiger partial charge >= 0.3 is 0 Å². The van der Waals surface area contributed by atoms with Gasteiger partial charge in [0.15, 0.2) is 11.4 Å². The highest BCUT2D eigenvalue weighted by atomic mass is 16.5. The summed E-state index contributed by atoms with van der Waals surface area (Å²) < 4.78 is 6.94. The minimum Gasteiger partial charge on any atom is -0.480 e. The Labute approximate surface area is 163 Å². The number of nitriles is 1. The first-order chi connectivity index (χ1) is 13.4. The number of carbonyl (C=O) groups excluding carboxylic acids is 1. The average molecular weight is 378 g/mol. The number of ketones is 1. The predicted molar refractivity (Wildman–Crippen MR) is 105 cm³/mol. The maximum Gasteiger partial charge on any atom is 0.237 e. The van der Waals surface area contributed by atoms with Gasteiger partial charge in [-0.15, -0.1) is 0 Å². The standard InChI is InChI=1S/C20H22N6O2/c1-5-13-9-17(24-15-7-6-8-22-19(15)28-4)25-18-14(11-23-26(13)18)16(27)10-20(2,3)12-21/h6-9,11H,5,10H2,1-4H3,(H,24,25). The van der Waals surface area contributed by atoms with Crippen LogP contribution in [0.15, 0.2) is 30.6 Å². The molecular weight excluding hydrogens is 356 g/mol. The molecule has 8 heteroatoms. The molecule has 3 heterocycles. The van der Waals surface area contributed by atoms with Crippen molar-refractivity contribution in [2.24, 2.45) is 5.41 Å². The molecule has 0 amide bonds. The Balaban J connectivity index is 2.04. The lowest BCUT2D eigenvalue weighted by atomic mass is 9.88. The summed E-state index contributed by atoms with van der Waals surface area (Å²) in [5, 5.41) is 16.8. The van der Waals surface area contributed by atoms with E-state index in [1.54, 1.807) is 37.7 Å². The summed E-state index contributed by atoms with van der Waals surface area (Å²) in [6, 6.07) is 7.66. The number of nitrogens with zero attached hydrogens (tertiary/aromatic N) is 5. The third kappa shape index (κ3) is 3.78. The molecule has 0 spiro atoms. The van der Waals surface area contributed by atoms with E-state index in [1.165, 1.54) is 6.20 Å². The number of anilines is 2. The third-order valence-corrected chi connectivity index (χ3v) is 4.34. The largest absolute Gasteiger partial charge is 0.480 e. The van der Waals surface area contributed by atoms with Gasteiger partial charge in [-0.2, -0.15) is 10.4 Å². The number of nitrogens with one attached hydrogen (secondary N) is 1. The van der Waals surface area contributed by atoms with Crippen LogP contribution in [-0.4, -0.2) is 32.5 Å². The molecule has 0 aliphatic carbocycles. The number of hydrogen-bond donors (Lipinski definition) is 1. The topological polar surface area (TPSA) is 105 Å². The van der Waals surface area contributed by atoms with Gasteiger partial charge in [-0.1, -0.05) is 6.92 Å². The zero-order valence-electron chi connectivity index (χ0n) is 16.4. The molecule has 0 radical (unpaired) electrons. The van der Waals surface area contributed by atoms with Crippen molar-refractivity contribution in [1.29, 1.82) is 5.26 Å². The van der Waals surface area contributed by atoms with Crippen molar-refractivity contribution in [3.63, 3.8) is 0 Å². The number of Topliss-reactive ketones (excluding diaryl/α,β-unsaturated/α-hetero) is 1. The first-order valence-electron chi connectivity index (χ1n) is 8.96. The van der Waals surface area contributed by atoms with Crippen LogP contribution in [0.25, 0.3) is 5.65 Å². The monoisotopic (exact) mass is 378 g/mol. The Bertz CT molecular complexity index is 1060. The highest BCUT2D eigenvalue weighted by Gasteiger charge is 2.25. The van der Waals surface area contributed by atoms with Gasteiger partial charge < -0.3 is 10.1 Å². The molecule has 0 atom stereocenters. The Kier molecular flexibility index (Phi) is 5.27. The third-order valence-electron chi connectivity index (χ3n) is 4.34. The molecule has 3 aromatic heterocycles. The number of aromatic nitrogens is 4. The molecule has 0 bridgehead atoms. The molecular formula is C20H22N6O2. The zero-order valence-corrected chi connectivity index (χ0v) is 16.4. The number of methoxy groups -OCH3 is 1. The minimum absolute atomic E-state index is 0.0993. The second kappa shape index (κ2) is 7.64. The lowest BCUT2D eigenvalue weighted by Gasteiger charge is -2.13. The summed E-state index contributed by atoms with van der Waals surface area (Å²) in [6.07, 6.45) is 3.97. The summed E-state index contributed by atoms with van der Waals surface area (Å²) in [5.74, 6) is 0.847. The number of rotatable bonds is 7. The van der Waals surface area contributed by atoms with Gasteiger partial charge in [-0.3, -0.25) is 4.79 Å². The molecule has 1 N–H and O–H groups in total. The Morgan fingerprint density at radius 3 is 2.89 bits per heavy atom. The summed E-state index contributed by atoms with van der Waals surface area (Å²) in [4.78, 5) is 21.5. The van der Waals surface area contributed by atoms with Crippen LogP contribution in [0.5, 0.6) is 5.88 Å². The van der Waals surface area contributed by atoms with E-state index >= 15 is 0 Å². The number of carbonyl (C=O) groups is 1. The molecule has 0 aliphatic heterocycles. The molecule has 0 unspecified atom stereocenters. The SMILES string of the molecule is CCc1cc(Nc2cccnc2OC)nc2c(C(=O)CC(C)(C)C#N)cnn12. The van der Waals surface area contributed by atoms with E-state index in [1.807, 2.05) is 19.1 Å². The maximum atomic E-state index is 12.8. The molecule has 144 valence electrons. The smallest absolute Gasteiger partial charge is 0.237 e. The number of hydrogen-bond acceptors (Lipinski definition) is 7. The van der Waals surface area contributed by atoms with Crippen molar-refractivity contribution in [3.05, 3.63) is 41.9 Å². The van der Waals surface area contributed by atoms with E-state index < -0.39 is 5.41 Å². The second-order valence-corrected chi connectivity index (χ2v) is 7.06. The molecule has 3 rings (SSSR count). The Hall–Kier alpha value is -3.47. The van der Waals surface area contributed by atoms with Crippen LogP contribution in [0.4, 0.5) is 11.5 Å². The number of aryl methyl sites for hydroxylation is 1. The number of ether oxygens (including phenoxy) is 1. The van der Waals surface area contributed by atoms with Crippen LogP contribution in [0.3, 0.4) is 0 Å². The highest BCUT2D eigenvalue weighted by molar-refractivity contribution is 6.02. The van der Waals surface area contributed by atoms with Gasteiger partial charge in [-0.05, 0) is 32.4 Å². The van der Waals surface area contributed by atoms with E-state index in [0.717, 1.165) is 5.69 Å². The molecule has 0 saturated heterocycles. The van der Waals surface area contributed by atoms with Gasteiger partial charge in [0, 0.05) is 24.4 Å². The molecule has 8 nitrogen and oxygen atoms in total. The fourth-order valence-electron chi connectivity index (χ4n) is 2.86. The Morgan fingerprint density at radius 1 is 1.43 bits per heavy atom. The quantitative estimate of drug-likeness (QED) is 0.627. The van der Waals surface area contributed by atoms with Crippen molar-refractivity contribution >= 4 is 22.9 Å². The fraction of sp³-hybridized carbons (Fsp3) is 0.350. The van der Waals surface area contributed by atoms with Gasteiger partial charge in [0.25, 0.3) is 0 Å². The van der Waals surface area contributed by atoms with Crippen LogP contribution in [0, 0.1) is 16.7 Å².